The lowest BCUT2D eigenvalue weighted by Gasteiger charge is -2.10. The van der Waals surface area contributed by atoms with Gasteiger partial charge < -0.3 is 5.32 Å². The maximum atomic E-state index is 12.9. The first-order valence-corrected chi connectivity index (χ1v) is 6.16. The number of hydrogen-bond acceptors (Lipinski definition) is 2. The minimum absolute atomic E-state index is 0.353. The zero-order valence-electron chi connectivity index (χ0n) is 10.4. The minimum atomic E-state index is -0.356. The van der Waals surface area contributed by atoms with Crippen LogP contribution in [0.5, 0.6) is 0 Å². The highest BCUT2D eigenvalue weighted by atomic mass is 35.5. The molecular formula is C15H12ClFN2. The van der Waals surface area contributed by atoms with E-state index in [0.29, 0.717) is 22.8 Å². The molecule has 4 heteroatoms. The van der Waals surface area contributed by atoms with E-state index in [-0.39, 0.29) is 5.82 Å². The largest absolute Gasteiger partial charge is 0.380 e. The summed E-state index contributed by atoms with van der Waals surface area (Å²) in [7, 11) is 0. The molecule has 0 heterocycles. The van der Waals surface area contributed by atoms with Crippen molar-refractivity contribution < 1.29 is 4.39 Å². The average molecular weight is 275 g/mol. The van der Waals surface area contributed by atoms with Crippen LogP contribution in [-0.4, -0.2) is 0 Å². The van der Waals surface area contributed by atoms with Crippen LogP contribution < -0.4 is 5.32 Å². The van der Waals surface area contributed by atoms with E-state index in [1.54, 1.807) is 12.1 Å². The van der Waals surface area contributed by atoms with Gasteiger partial charge in [-0.3, -0.25) is 0 Å². The summed E-state index contributed by atoms with van der Waals surface area (Å²) in [6, 6.07) is 11.9. The van der Waals surface area contributed by atoms with E-state index in [1.807, 2.05) is 19.1 Å². The van der Waals surface area contributed by atoms with Gasteiger partial charge in [-0.15, -0.1) is 0 Å². The van der Waals surface area contributed by atoms with Gasteiger partial charge >= 0.3 is 0 Å². The van der Waals surface area contributed by atoms with Crippen molar-refractivity contribution in [2.24, 2.45) is 0 Å². The Morgan fingerprint density at radius 2 is 2.05 bits per heavy atom. The molecule has 0 aliphatic heterocycles. The molecule has 0 amide bonds. The lowest BCUT2D eigenvalue weighted by molar-refractivity contribution is 0.628. The molecule has 0 saturated heterocycles. The van der Waals surface area contributed by atoms with Crippen molar-refractivity contribution in [3.05, 3.63) is 63.9 Å². The van der Waals surface area contributed by atoms with Gasteiger partial charge in [0.25, 0.3) is 0 Å². The number of hydrogen-bond donors (Lipinski definition) is 1. The highest BCUT2D eigenvalue weighted by Crippen LogP contribution is 2.23. The summed E-state index contributed by atoms with van der Waals surface area (Å²) in [5.74, 6) is -0.356. The van der Waals surface area contributed by atoms with Gasteiger partial charge in [-0.1, -0.05) is 17.7 Å². The number of benzene rings is 2. The summed E-state index contributed by atoms with van der Waals surface area (Å²) in [5.41, 5.74) is 3.43. The van der Waals surface area contributed by atoms with Crippen molar-refractivity contribution in [3.8, 4) is 6.07 Å². The Morgan fingerprint density at radius 1 is 1.26 bits per heavy atom. The fourth-order valence-corrected chi connectivity index (χ4v) is 2.02. The number of anilines is 1. The summed E-state index contributed by atoms with van der Waals surface area (Å²) in [5, 5.41) is 12.3. The zero-order valence-corrected chi connectivity index (χ0v) is 11.1. The average Bonchev–Trinajstić information content (AvgIpc) is 2.39. The first-order chi connectivity index (χ1) is 9.10. The fraction of sp³-hybridized carbons (Fsp3) is 0.133. The number of rotatable bonds is 3. The van der Waals surface area contributed by atoms with Gasteiger partial charge in [0.2, 0.25) is 0 Å². The van der Waals surface area contributed by atoms with E-state index >= 15 is 0 Å². The quantitative estimate of drug-likeness (QED) is 0.907. The Labute approximate surface area is 116 Å². The standard InChI is InChI=1S/C15H12ClFN2/c1-10-6-11(8-18)2-3-12(10)9-19-15-5-4-13(17)7-14(15)16/h2-7,19H,9H2,1H3. The molecule has 96 valence electrons. The second kappa shape index (κ2) is 5.73. The van der Waals surface area contributed by atoms with Gasteiger partial charge in [0, 0.05) is 6.54 Å². The molecule has 0 unspecified atom stereocenters. The third-order valence-corrected chi connectivity index (χ3v) is 3.18. The molecule has 0 fully saturated rings. The lowest BCUT2D eigenvalue weighted by atomic mass is 10.1. The summed E-state index contributed by atoms with van der Waals surface area (Å²) < 4.78 is 12.9. The molecule has 2 aromatic carbocycles. The molecule has 0 aromatic heterocycles. The highest BCUT2D eigenvalue weighted by Gasteiger charge is 2.04. The molecule has 2 rings (SSSR count). The zero-order chi connectivity index (χ0) is 13.8. The molecule has 0 aliphatic rings. The van der Waals surface area contributed by atoms with Crippen LogP contribution >= 0.6 is 11.6 Å². The molecule has 0 radical (unpaired) electrons. The van der Waals surface area contributed by atoms with Crippen LogP contribution in [0.3, 0.4) is 0 Å². The van der Waals surface area contributed by atoms with Gasteiger partial charge in [0.1, 0.15) is 5.82 Å². The summed E-state index contributed by atoms with van der Waals surface area (Å²) in [6.45, 7) is 2.52. The van der Waals surface area contributed by atoms with Crippen molar-refractivity contribution in [1.29, 1.82) is 5.26 Å². The van der Waals surface area contributed by atoms with Crippen molar-refractivity contribution >= 4 is 17.3 Å². The maximum absolute atomic E-state index is 12.9. The second-order valence-corrected chi connectivity index (χ2v) is 4.64. The van der Waals surface area contributed by atoms with Crippen LogP contribution in [0.4, 0.5) is 10.1 Å². The normalized spacial score (nSPS) is 10.0. The first kappa shape index (κ1) is 13.4. The number of nitrogens with zero attached hydrogens (tertiary/aromatic N) is 1. The first-order valence-electron chi connectivity index (χ1n) is 5.78. The van der Waals surface area contributed by atoms with Gasteiger partial charge in [-0.25, -0.2) is 4.39 Å². The molecule has 0 spiro atoms. The second-order valence-electron chi connectivity index (χ2n) is 4.23. The monoisotopic (exact) mass is 274 g/mol. The molecule has 0 saturated carbocycles. The Bertz CT molecular complexity index is 647. The van der Waals surface area contributed by atoms with Crippen LogP contribution in [0.15, 0.2) is 36.4 Å². The number of nitrogens with one attached hydrogen (secondary N) is 1. The Hall–Kier alpha value is -2.05. The molecule has 2 nitrogen and oxygen atoms in total. The van der Waals surface area contributed by atoms with E-state index in [2.05, 4.69) is 11.4 Å². The van der Waals surface area contributed by atoms with Crippen LogP contribution in [0, 0.1) is 24.1 Å². The van der Waals surface area contributed by atoms with E-state index in [0.717, 1.165) is 11.1 Å². The summed E-state index contributed by atoms with van der Waals surface area (Å²) >= 11 is 5.94. The van der Waals surface area contributed by atoms with Crippen molar-refractivity contribution in [2.45, 2.75) is 13.5 Å². The van der Waals surface area contributed by atoms with Crippen LogP contribution in [0.1, 0.15) is 16.7 Å². The third-order valence-electron chi connectivity index (χ3n) is 2.87. The predicted octanol–water partition coefficient (Wildman–Crippen LogP) is 4.27. The van der Waals surface area contributed by atoms with E-state index in [9.17, 15) is 4.39 Å². The Morgan fingerprint density at radius 3 is 2.68 bits per heavy atom. The molecular weight excluding hydrogens is 263 g/mol. The Balaban J connectivity index is 2.13. The van der Waals surface area contributed by atoms with Gasteiger partial charge in [0.15, 0.2) is 0 Å². The van der Waals surface area contributed by atoms with Crippen molar-refractivity contribution in [2.75, 3.05) is 5.32 Å². The number of halogens is 2. The lowest BCUT2D eigenvalue weighted by Crippen LogP contribution is -2.02. The SMILES string of the molecule is Cc1cc(C#N)ccc1CNc1ccc(F)cc1Cl. The van der Waals surface area contributed by atoms with E-state index < -0.39 is 0 Å². The predicted molar refractivity (Wildman–Crippen MR) is 74.6 cm³/mol. The van der Waals surface area contributed by atoms with Gasteiger partial charge in [-0.2, -0.15) is 5.26 Å². The minimum Gasteiger partial charge on any atom is -0.380 e. The molecule has 0 aliphatic carbocycles. The van der Waals surface area contributed by atoms with Crippen molar-refractivity contribution in [1.82, 2.24) is 0 Å². The smallest absolute Gasteiger partial charge is 0.124 e. The van der Waals surface area contributed by atoms with Crippen LogP contribution in [0.2, 0.25) is 5.02 Å². The highest BCUT2D eigenvalue weighted by molar-refractivity contribution is 6.33. The summed E-state index contributed by atoms with van der Waals surface area (Å²) in [4.78, 5) is 0. The molecule has 1 N–H and O–H groups in total. The van der Waals surface area contributed by atoms with Gasteiger partial charge in [0.05, 0.1) is 22.3 Å². The molecule has 19 heavy (non-hydrogen) atoms. The van der Waals surface area contributed by atoms with E-state index in [1.165, 1.54) is 12.1 Å². The van der Waals surface area contributed by atoms with Crippen molar-refractivity contribution in [3.63, 3.8) is 0 Å². The molecule has 2 aromatic rings. The maximum Gasteiger partial charge on any atom is 0.124 e. The molecule has 0 bridgehead atoms. The Kier molecular flexibility index (Phi) is 4.03. The summed E-state index contributed by atoms with van der Waals surface area (Å²) in [6.07, 6.45) is 0. The number of aryl methyl sites for hydroxylation is 1. The van der Waals surface area contributed by atoms with E-state index in [4.69, 9.17) is 16.9 Å². The van der Waals surface area contributed by atoms with Crippen LogP contribution in [-0.2, 0) is 6.54 Å². The van der Waals surface area contributed by atoms with Crippen LogP contribution in [0.25, 0.3) is 0 Å². The number of nitriles is 1. The van der Waals surface area contributed by atoms with Gasteiger partial charge in [-0.05, 0) is 48.4 Å². The third kappa shape index (κ3) is 3.24. The topological polar surface area (TPSA) is 35.8 Å². The molecule has 0 atom stereocenters. The fourth-order valence-electron chi connectivity index (χ4n) is 1.79.